The van der Waals surface area contributed by atoms with E-state index in [9.17, 15) is 9.90 Å². The fourth-order valence-corrected chi connectivity index (χ4v) is 3.16. The van der Waals surface area contributed by atoms with Crippen LogP contribution in [0.2, 0.25) is 0 Å². The first-order chi connectivity index (χ1) is 10.2. The molecular formula is C16H17N3O2. The molecule has 1 saturated carbocycles. The molecule has 0 bridgehead atoms. The molecule has 1 aromatic heterocycles. The van der Waals surface area contributed by atoms with Crippen molar-refractivity contribution in [1.82, 2.24) is 14.7 Å². The van der Waals surface area contributed by atoms with Crippen LogP contribution in [0.15, 0.2) is 42.6 Å². The van der Waals surface area contributed by atoms with Crippen molar-refractivity contribution in [1.29, 1.82) is 0 Å². The van der Waals surface area contributed by atoms with E-state index in [1.807, 2.05) is 30.3 Å². The van der Waals surface area contributed by atoms with Gasteiger partial charge in [0.2, 0.25) is 0 Å². The maximum atomic E-state index is 12.7. The highest BCUT2D eigenvalue weighted by Crippen LogP contribution is 2.52. The molecule has 1 aromatic carbocycles. The van der Waals surface area contributed by atoms with Crippen LogP contribution in [0.5, 0.6) is 0 Å². The number of aliphatic hydroxyl groups is 1. The number of carbonyl (C=O) groups excluding carboxylic acids is 1. The van der Waals surface area contributed by atoms with E-state index in [0.717, 1.165) is 18.5 Å². The molecule has 108 valence electrons. The van der Waals surface area contributed by atoms with E-state index in [-0.39, 0.29) is 17.4 Å². The van der Waals surface area contributed by atoms with Crippen molar-refractivity contribution in [3.8, 4) is 5.69 Å². The Balaban J connectivity index is 1.63. The van der Waals surface area contributed by atoms with Gasteiger partial charge < -0.3 is 10.0 Å². The summed E-state index contributed by atoms with van der Waals surface area (Å²) in [5.74, 6) is -0.0563. The molecule has 21 heavy (non-hydrogen) atoms. The van der Waals surface area contributed by atoms with Gasteiger partial charge in [-0.25, -0.2) is 4.68 Å². The van der Waals surface area contributed by atoms with E-state index in [2.05, 4.69) is 5.10 Å². The van der Waals surface area contributed by atoms with Gasteiger partial charge in [-0.05, 0) is 31.0 Å². The van der Waals surface area contributed by atoms with E-state index in [4.69, 9.17) is 0 Å². The van der Waals surface area contributed by atoms with Gasteiger partial charge in [-0.1, -0.05) is 18.2 Å². The molecule has 2 heterocycles. The lowest BCUT2D eigenvalue weighted by Gasteiger charge is -2.16. The number of nitrogens with zero attached hydrogens (tertiary/aromatic N) is 3. The zero-order valence-electron chi connectivity index (χ0n) is 11.6. The third kappa shape index (κ3) is 1.96. The molecule has 1 saturated heterocycles. The minimum atomic E-state index is -0.380. The zero-order valence-corrected chi connectivity index (χ0v) is 11.6. The molecule has 0 radical (unpaired) electrons. The van der Waals surface area contributed by atoms with Crippen LogP contribution in [0.1, 0.15) is 23.3 Å². The minimum absolute atomic E-state index is 0.0206. The summed E-state index contributed by atoms with van der Waals surface area (Å²) in [7, 11) is 0. The Morgan fingerprint density at radius 1 is 1.24 bits per heavy atom. The number of hydrogen-bond donors (Lipinski definition) is 1. The highest BCUT2D eigenvalue weighted by molar-refractivity contribution is 5.93. The van der Waals surface area contributed by atoms with Gasteiger partial charge in [-0.15, -0.1) is 0 Å². The maximum absolute atomic E-state index is 12.7. The summed E-state index contributed by atoms with van der Waals surface area (Å²) >= 11 is 0. The summed E-state index contributed by atoms with van der Waals surface area (Å²) in [6.07, 6.45) is 3.31. The molecule has 1 N–H and O–H groups in total. The average Bonchev–Trinajstić information content (AvgIpc) is 3.00. The normalized spacial score (nSPS) is 22.7. The van der Waals surface area contributed by atoms with Gasteiger partial charge >= 0.3 is 0 Å². The van der Waals surface area contributed by atoms with E-state index in [0.29, 0.717) is 18.8 Å². The number of amides is 1. The third-order valence-electron chi connectivity index (χ3n) is 4.65. The van der Waals surface area contributed by atoms with Crippen LogP contribution >= 0.6 is 0 Å². The molecule has 1 unspecified atom stereocenters. The van der Waals surface area contributed by atoms with Crippen molar-refractivity contribution in [2.75, 3.05) is 13.1 Å². The highest BCUT2D eigenvalue weighted by Gasteiger charge is 2.55. The van der Waals surface area contributed by atoms with Crippen molar-refractivity contribution < 1.29 is 9.90 Å². The largest absolute Gasteiger partial charge is 0.391 e. The number of likely N-dealkylation sites (tertiary alicyclic amines) is 1. The molecule has 2 aromatic rings. The predicted molar refractivity (Wildman–Crippen MR) is 77.1 cm³/mol. The second-order valence-corrected chi connectivity index (χ2v) is 6.03. The number of para-hydroxylation sites is 1. The molecule has 1 aliphatic heterocycles. The lowest BCUT2D eigenvalue weighted by atomic mass is 10.0. The molecular weight excluding hydrogens is 266 g/mol. The van der Waals surface area contributed by atoms with Crippen LogP contribution in [-0.2, 0) is 0 Å². The van der Waals surface area contributed by atoms with Crippen LogP contribution in [0.3, 0.4) is 0 Å². The Morgan fingerprint density at radius 3 is 2.67 bits per heavy atom. The molecule has 1 atom stereocenters. The third-order valence-corrected chi connectivity index (χ3v) is 4.65. The summed E-state index contributed by atoms with van der Waals surface area (Å²) < 4.78 is 1.66. The Morgan fingerprint density at radius 2 is 2.00 bits per heavy atom. The number of aromatic nitrogens is 2. The van der Waals surface area contributed by atoms with Gasteiger partial charge in [-0.2, -0.15) is 5.10 Å². The number of β-amino-alcohol motifs (C(OH)–C–C–N with tert-alkyl or cyclic N) is 1. The monoisotopic (exact) mass is 283 g/mol. The fourth-order valence-electron chi connectivity index (χ4n) is 3.16. The van der Waals surface area contributed by atoms with Crippen molar-refractivity contribution in [2.45, 2.75) is 18.9 Å². The Bertz CT molecular complexity index is 676. The molecule has 1 amide bonds. The maximum Gasteiger partial charge on any atom is 0.272 e. The summed E-state index contributed by atoms with van der Waals surface area (Å²) in [4.78, 5) is 14.5. The van der Waals surface area contributed by atoms with Gasteiger partial charge in [-0.3, -0.25) is 4.79 Å². The Hall–Kier alpha value is -2.14. The fraction of sp³-hybridized carbons (Fsp3) is 0.375. The van der Waals surface area contributed by atoms with E-state index in [1.165, 1.54) is 0 Å². The molecule has 4 rings (SSSR count). The van der Waals surface area contributed by atoms with Crippen molar-refractivity contribution in [2.24, 2.45) is 5.41 Å². The van der Waals surface area contributed by atoms with Crippen LogP contribution in [0.25, 0.3) is 5.69 Å². The number of benzene rings is 1. The van der Waals surface area contributed by atoms with Crippen molar-refractivity contribution in [3.63, 3.8) is 0 Å². The molecule has 2 fully saturated rings. The smallest absolute Gasteiger partial charge is 0.272 e. The van der Waals surface area contributed by atoms with E-state index < -0.39 is 0 Å². The zero-order chi connectivity index (χ0) is 14.4. The van der Waals surface area contributed by atoms with E-state index in [1.54, 1.807) is 21.8 Å². The van der Waals surface area contributed by atoms with Crippen LogP contribution in [-0.4, -0.2) is 44.9 Å². The Kier molecular flexibility index (Phi) is 2.65. The standard InChI is InChI=1S/C16H17N3O2/c20-14-10-18(11-16(14)7-8-16)15(21)13-6-9-17-19(13)12-4-2-1-3-5-12/h1-6,9,14,20H,7-8,10-11H2. The predicted octanol–water partition coefficient (Wildman–Crippen LogP) is 1.47. The number of hydrogen-bond acceptors (Lipinski definition) is 3. The minimum Gasteiger partial charge on any atom is -0.391 e. The van der Waals surface area contributed by atoms with Gasteiger partial charge in [0, 0.05) is 18.5 Å². The van der Waals surface area contributed by atoms with Gasteiger partial charge in [0.05, 0.1) is 18.0 Å². The summed E-state index contributed by atoms with van der Waals surface area (Å²) in [5.41, 5.74) is 1.39. The van der Waals surface area contributed by atoms with Gasteiger partial charge in [0.25, 0.3) is 5.91 Å². The lowest BCUT2D eigenvalue weighted by Crippen LogP contribution is -2.31. The lowest BCUT2D eigenvalue weighted by molar-refractivity contribution is 0.0755. The topological polar surface area (TPSA) is 58.4 Å². The second kappa shape index (κ2) is 4.43. The van der Waals surface area contributed by atoms with Gasteiger partial charge in [0.1, 0.15) is 5.69 Å². The second-order valence-electron chi connectivity index (χ2n) is 6.03. The highest BCUT2D eigenvalue weighted by atomic mass is 16.3. The molecule has 1 spiro atoms. The SMILES string of the molecule is O=C(c1ccnn1-c1ccccc1)N1CC(O)C2(CC2)C1. The summed E-state index contributed by atoms with van der Waals surface area (Å²) in [5, 5.41) is 14.4. The van der Waals surface area contributed by atoms with Crippen molar-refractivity contribution >= 4 is 5.91 Å². The van der Waals surface area contributed by atoms with Crippen LogP contribution in [0.4, 0.5) is 0 Å². The summed E-state index contributed by atoms with van der Waals surface area (Å²) in [6, 6.07) is 11.4. The van der Waals surface area contributed by atoms with Gasteiger partial charge in [0.15, 0.2) is 0 Å². The molecule has 5 nitrogen and oxygen atoms in total. The first-order valence-electron chi connectivity index (χ1n) is 7.26. The number of aliphatic hydroxyl groups excluding tert-OH is 1. The number of rotatable bonds is 2. The molecule has 5 heteroatoms. The molecule has 1 aliphatic carbocycles. The van der Waals surface area contributed by atoms with E-state index >= 15 is 0 Å². The number of carbonyl (C=O) groups is 1. The van der Waals surface area contributed by atoms with Crippen LogP contribution < -0.4 is 0 Å². The van der Waals surface area contributed by atoms with Crippen molar-refractivity contribution in [3.05, 3.63) is 48.3 Å². The average molecular weight is 283 g/mol. The quantitative estimate of drug-likeness (QED) is 0.908. The Labute approximate surface area is 122 Å². The first-order valence-corrected chi connectivity index (χ1v) is 7.26. The van der Waals surface area contributed by atoms with Crippen LogP contribution in [0, 0.1) is 5.41 Å². The molecule has 2 aliphatic rings. The first kappa shape index (κ1) is 12.6. The summed E-state index contributed by atoms with van der Waals surface area (Å²) in [6.45, 7) is 1.09.